The second-order valence-electron chi connectivity index (χ2n) is 4.55. The maximum absolute atomic E-state index is 13.6. The average molecular weight is 367 g/mol. The van der Waals surface area contributed by atoms with Crippen molar-refractivity contribution in [3.63, 3.8) is 0 Å². The number of hydrogen-bond donors (Lipinski definition) is 1. The molecule has 2 rings (SSSR count). The van der Waals surface area contributed by atoms with Crippen molar-refractivity contribution >= 4 is 27.1 Å². The van der Waals surface area contributed by atoms with Gasteiger partial charge in [-0.15, -0.1) is 0 Å². The topological polar surface area (TPSA) is 147 Å². The predicted molar refractivity (Wildman–Crippen MR) is 85.7 cm³/mol. The number of ether oxygens (including phenoxy) is 1. The molecule has 0 aliphatic carbocycles. The van der Waals surface area contributed by atoms with Crippen LogP contribution in [0.3, 0.4) is 0 Å². The number of azide groups is 1. The molecule has 0 aliphatic heterocycles. The molecule has 12 heteroatoms. The van der Waals surface area contributed by atoms with Gasteiger partial charge in [-0.05, 0) is 29.8 Å². The standard InChI is InChI=1S/C13H10FN5O5S/c1-24-13-5-2-8(6-10(13)14)17-25(22,23)9-3-4-11(16-18-15)12(7-9)19(20)21/h2-7,17H,1H3. The third-order valence-corrected chi connectivity index (χ3v) is 4.39. The lowest BCUT2D eigenvalue weighted by atomic mass is 10.3. The van der Waals surface area contributed by atoms with Crippen molar-refractivity contribution in [1.82, 2.24) is 0 Å². The Bertz CT molecular complexity index is 988. The Morgan fingerprint density at radius 2 is 2.04 bits per heavy atom. The Morgan fingerprint density at radius 1 is 1.32 bits per heavy atom. The lowest BCUT2D eigenvalue weighted by molar-refractivity contribution is -0.384. The SMILES string of the molecule is COc1ccc(NS(=O)(=O)c2ccc(N=[N+]=[N-])c([N+](=O)[O-])c2)cc1F. The summed E-state index contributed by atoms with van der Waals surface area (Å²) in [6.45, 7) is 0. The first kappa shape index (κ1) is 18.0. The van der Waals surface area contributed by atoms with Crippen LogP contribution in [0, 0.1) is 15.9 Å². The van der Waals surface area contributed by atoms with E-state index < -0.39 is 31.3 Å². The fraction of sp³-hybridized carbons (Fsp3) is 0.0769. The number of halogens is 1. The van der Waals surface area contributed by atoms with Crippen molar-refractivity contribution in [2.45, 2.75) is 4.90 Å². The van der Waals surface area contributed by atoms with E-state index >= 15 is 0 Å². The largest absolute Gasteiger partial charge is 0.494 e. The molecule has 0 fully saturated rings. The Hall–Kier alpha value is -3.37. The number of benzene rings is 2. The molecule has 1 N–H and O–H groups in total. The Labute approximate surface area is 140 Å². The van der Waals surface area contributed by atoms with Gasteiger partial charge in [0.1, 0.15) is 5.69 Å². The number of rotatable bonds is 6. The average Bonchev–Trinajstić information content (AvgIpc) is 2.55. The normalized spacial score (nSPS) is 10.6. The number of hydrogen-bond acceptors (Lipinski definition) is 6. The van der Waals surface area contributed by atoms with Gasteiger partial charge in [0.25, 0.3) is 15.7 Å². The number of nitrogens with one attached hydrogen (secondary N) is 1. The van der Waals surface area contributed by atoms with E-state index in [-0.39, 0.29) is 17.1 Å². The van der Waals surface area contributed by atoms with E-state index in [9.17, 15) is 22.9 Å². The van der Waals surface area contributed by atoms with Gasteiger partial charge >= 0.3 is 0 Å². The fourth-order valence-corrected chi connectivity index (χ4v) is 2.96. The third kappa shape index (κ3) is 3.94. The molecule has 0 atom stereocenters. The molecular formula is C13H10FN5O5S. The van der Waals surface area contributed by atoms with Gasteiger partial charge in [0.15, 0.2) is 11.6 Å². The van der Waals surface area contributed by atoms with Crippen LogP contribution >= 0.6 is 0 Å². The molecule has 25 heavy (non-hydrogen) atoms. The Balaban J connectivity index is 2.42. The van der Waals surface area contributed by atoms with E-state index in [0.717, 1.165) is 24.3 Å². The van der Waals surface area contributed by atoms with Crippen molar-refractivity contribution < 1.29 is 22.5 Å². The Kier molecular flexibility index (Phi) is 5.05. The zero-order valence-corrected chi connectivity index (χ0v) is 13.4. The summed E-state index contributed by atoms with van der Waals surface area (Å²) in [7, 11) is -2.98. The van der Waals surface area contributed by atoms with Gasteiger partial charge in [-0.1, -0.05) is 5.11 Å². The molecule has 0 spiro atoms. The number of nitro groups is 1. The molecular weight excluding hydrogens is 357 g/mol. The van der Waals surface area contributed by atoms with Gasteiger partial charge in [0, 0.05) is 17.0 Å². The van der Waals surface area contributed by atoms with Gasteiger partial charge < -0.3 is 4.74 Å². The number of methoxy groups -OCH3 is 1. The van der Waals surface area contributed by atoms with E-state index in [4.69, 9.17) is 10.3 Å². The second kappa shape index (κ2) is 7.03. The van der Waals surface area contributed by atoms with E-state index in [0.29, 0.717) is 0 Å². The first-order valence-electron chi connectivity index (χ1n) is 6.48. The summed E-state index contributed by atoms with van der Waals surface area (Å²) < 4.78 is 45.1. The highest BCUT2D eigenvalue weighted by atomic mass is 32.2. The van der Waals surface area contributed by atoms with Gasteiger partial charge in [0.05, 0.1) is 22.6 Å². The summed E-state index contributed by atoms with van der Waals surface area (Å²) in [5, 5.41) is 14.1. The highest BCUT2D eigenvalue weighted by Gasteiger charge is 2.21. The first-order chi connectivity index (χ1) is 11.8. The molecule has 0 amide bonds. The summed E-state index contributed by atoms with van der Waals surface area (Å²) in [6.07, 6.45) is 0. The van der Waals surface area contributed by atoms with Crippen LogP contribution in [0.25, 0.3) is 10.4 Å². The third-order valence-electron chi connectivity index (χ3n) is 3.01. The zero-order chi connectivity index (χ0) is 18.6. The fourth-order valence-electron chi connectivity index (χ4n) is 1.89. The number of nitro benzene ring substituents is 1. The molecule has 0 aromatic heterocycles. The first-order valence-corrected chi connectivity index (χ1v) is 7.96. The van der Waals surface area contributed by atoms with Crippen LogP contribution in [-0.4, -0.2) is 20.5 Å². The van der Waals surface area contributed by atoms with E-state index in [1.165, 1.54) is 19.2 Å². The van der Waals surface area contributed by atoms with E-state index in [1.54, 1.807) is 0 Å². The van der Waals surface area contributed by atoms with Crippen molar-refractivity contribution in [3.8, 4) is 5.75 Å². The molecule has 130 valence electrons. The molecule has 0 unspecified atom stereocenters. The highest BCUT2D eigenvalue weighted by molar-refractivity contribution is 7.92. The lowest BCUT2D eigenvalue weighted by Crippen LogP contribution is -2.13. The summed E-state index contributed by atoms with van der Waals surface area (Å²) in [6, 6.07) is 6.16. The monoisotopic (exact) mass is 367 g/mol. The van der Waals surface area contributed by atoms with E-state index in [2.05, 4.69) is 14.7 Å². The quantitative estimate of drug-likeness (QED) is 0.273. The lowest BCUT2D eigenvalue weighted by Gasteiger charge is -2.10. The van der Waals surface area contributed by atoms with Gasteiger partial charge in [-0.3, -0.25) is 14.8 Å². The van der Waals surface area contributed by atoms with Gasteiger partial charge in [0.2, 0.25) is 0 Å². The maximum Gasteiger partial charge on any atom is 0.280 e. The van der Waals surface area contributed by atoms with Crippen LogP contribution in [0.2, 0.25) is 0 Å². The molecule has 0 heterocycles. The van der Waals surface area contributed by atoms with Crippen molar-refractivity contribution in [2.75, 3.05) is 11.8 Å². The smallest absolute Gasteiger partial charge is 0.280 e. The Morgan fingerprint density at radius 3 is 2.60 bits per heavy atom. The summed E-state index contributed by atoms with van der Waals surface area (Å²) in [4.78, 5) is 12.1. The van der Waals surface area contributed by atoms with E-state index in [1.807, 2.05) is 0 Å². The van der Waals surface area contributed by atoms with Gasteiger partial charge in [-0.25, -0.2) is 12.8 Å². The van der Waals surface area contributed by atoms with Crippen LogP contribution in [0.1, 0.15) is 0 Å². The van der Waals surface area contributed by atoms with Crippen LogP contribution in [-0.2, 0) is 10.0 Å². The highest BCUT2D eigenvalue weighted by Crippen LogP contribution is 2.31. The number of anilines is 1. The van der Waals surface area contributed by atoms with Crippen LogP contribution in [0.5, 0.6) is 5.75 Å². The van der Waals surface area contributed by atoms with Crippen molar-refractivity contribution in [1.29, 1.82) is 0 Å². The van der Waals surface area contributed by atoms with Crippen molar-refractivity contribution in [2.24, 2.45) is 5.11 Å². The summed E-state index contributed by atoms with van der Waals surface area (Å²) in [5.74, 6) is -0.857. The molecule has 0 radical (unpaired) electrons. The van der Waals surface area contributed by atoms with Crippen LogP contribution in [0.15, 0.2) is 46.4 Å². The minimum absolute atomic E-state index is 0.0719. The number of nitrogens with zero attached hydrogens (tertiary/aromatic N) is 4. The molecule has 0 saturated carbocycles. The zero-order valence-electron chi connectivity index (χ0n) is 12.6. The molecule has 2 aromatic rings. The van der Waals surface area contributed by atoms with Crippen molar-refractivity contribution in [3.05, 3.63) is 62.8 Å². The van der Waals surface area contributed by atoms with Crippen LogP contribution < -0.4 is 9.46 Å². The minimum atomic E-state index is -4.23. The number of sulfonamides is 1. The minimum Gasteiger partial charge on any atom is -0.494 e. The molecule has 0 saturated heterocycles. The molecule has 2 aromatic carbocycles. The molecule has 0 bridgehead atoms. The summed E-state index contributed by atoms with van der Waals surface area (Å²) in [5.41, 5.74) is 7.27. The van der Waals surface area contributed by atoms with Gasteiger partial charge in [-0.2, -0.15) is 0 Å². The summed E-state index contributed by atoms with van der Waals surface area (Å²) >= 11 is 0. The maximum atomic E-state index is 13.6. The molecule has 10 nitrogen and oxygen atoms in total. The molecule has 0 aliphatic rings. The second-order valence-corrected chi connectivity index (χ2v) is 6.23. The van der Waals surface area contributed by atoms with Crippen LogP contribution in [0.4, 0.5) is 21.5 Å². The predicted octanol–water partition coefficient (Wildman–Crippen LogP) is 3.49.